The van der Waals surface area contributed by atoms with Gasteiger partial charge in [0.2, 0.25) is 5.13 Å². The van der Waals surface area contributed by atoms with E-state index in [1.54, 1.807) is 30.3 Å². The molecule has 1 N–H and O–H groups in total. The summed E-state index contributed by atoms with van der Waals surface area (Å²) in [6.07, 6.45) is 1.57. The normalized spacial score (nSPS) is 18.4. The number of anilines is 1. The highest BCUT2D eigenvalue weighted by atomic mass is 32.2. The number of benzene rings is 3. The van der Waals surface area contributed by atoms with Crippen LogP contribution in [0.3, 0.4) is 0 Å². The van der Waals surface area contributed by atoms with Crippen molar-refractivity contribution >= 4 is 45.7 Å². The van der Waals surface area contributed by atoms with E-state index in [2.05, 4.69) is 24.0 Å². The minimum atomic E-state index is -0.984. The number of aliphatic hydroxyl groups is 1. The lowest BCUT2D eigenvalue weighted by molar-refractivity contribution is -0.132. The maximum Gasteiger partial charge on any atom is 0.301 e. The number of Topliss-reactive ketones (excluding diaryl/α,β-unsaturated/α-hetero) is 1. The topological polar surface area (TPSA) is 111 Å². The zero-order chi connectivity index (χ0) is 33.1. The van der Waals surface area contributed by atoms with E-state index >= 15 is 0 Å². The molecule has 1 amide bonds. The average molecular weight is 672 g/mol. The number of hydrogen-bond donors (Lipinski definition) is 1. The Bertz CT molecular complexity index is 1810. The highest BCUT2D eigenvalue weighted by Crippen LogP contribution is 2.46. The largest absolute Gasteiger partial charge is 0.507 e. The summed E-state index contributed by atoms with van der Waals surface area (Å²) in [5.41, 5.74) is 3.02. The van der Waals surface area contributed by atoms with E-state index in [9.17, 15) is 14.7 Å². The van der Waals surface area contributed by atoms with Crippen molar-refractivity contribution in [3.05, 3.63) is 94.6 Å². The second-order valence-corrected chi connectivity index (χ2v) is 14.1. The Morgan fingerprint density at radius 1 is 1.06 bits per heavy atom. The third kappa shape index (κ3) is 7.01. The number of hydrogen-bond acceptors (Lipinski definition) is 10. The Kier molecular flexibility index (Phi) is 9.84. The summed E-state index contributed by atoms with van der Waals surface area (Å²) in [6, 6.07) is 19.7. The minimum Gasteiger partial charge on any atom is -0.507 e. The van der Waals surface area contributed by atoms with Crippen LogP contribution in [0.25, 0.3) is 5.76 Å². The van der Waals surface area contributed by atoms with E-state index in [4.69, 9.17) is 14.2 Å². The molecule has 3 aromatic carbocycles. The maximum absolute atomic E-state index is 13.8. The van der Waals surface area contributed by atoms with Gasteiger partial charge < -0.3 is 19.3 Å². The molecule has 0 radical (unpaired) electrons. The van der Waals surface area contributed by atoms with Gasteiger partial charge in [0.1, 0.15) is 17.6 Å². The molecule has 0 aliphatic carbocycles. The van der Waals surface area contributed by atoms with Crippen LogP contribution in [0.5, 0.6) is 17.2 Å². The molecular formula is C36H37N3O6S2. The van der Waals surface area contributed by atoms with Gasteiger partial charge in [-0.2, -0.15) is 0 Å². The number of thioether (sulfide) groups is 1. The zero-order valence-electron chi connectivity index (χ0n) is 26.8. The lowest BCUT2D eigenvalue weighted by Gasteiger charge is -2.24. The molecule has 2 aliphatic heterocycles. The van der Waals surface area contributed by atoms with Crippen LogP contribution < -0.4 is 19.1 Å². The van der Waals surface area contributed by atoms with Crippen LogP contribution in [0.4, 0.5) is 5.13 Å². The Balaban J connectivity index is 1.41. The fourth-order valence-corrected chi connectivity index (χ4v) is 7.46. The first-order valence-electron chi connectivity index (χ1n) is 15.7. The number of fused-ring (bicyclic) bond motifs is 1. The summed E-state index contributed by atoms with van der Waals surface area (Å²) in [5, 5.41) is 20.7. The van der Waals surface area contributed by atoms with Crippen LogP contribution in [-0.4, -0.2) is 46.3 Å². The number of aliphatic hydroxyl groups excluding tert-OH is 1. The van der Waals surface area contributed by atoms with Crippen LogP contribution in [0.15, 0.2) is 76.6 Å². The molecule has 1 aromatic heterocycles. The van der Waals surface area contributed by atoms with E-state index in [1.807, 2.05) is 50.2 Å². The Morgan fingerprint density at radius 2 is 1.87 bits per heavy atom. The number of ketones is 1. The first-order valence-corrected chi connectivity index (χ1v) is 17.5. The Hall–Kier alpha value is -4.35. The Labute approximate surface area is 282 Å². The molecule has 2 unspecified atom stereocenters. The van der Waals surface area contributed by atoms with Crippen molar-refractivity contribution in [2.24, 2.45) is 5.92 Å². The second kappa shape index (κ2) is 14.2. The van der Waals surface area contributed by atoms with Gasteiger partial charge in [-0.3, -0.25) is 14.5 Å². The number of amides is 1. The van der Waals surface area contributed by atoms with Gasteiger partial charge in [0, 0.05) is 17.7 Å². The molecule has 11 heteroatoms. The fraction of sp³-hybridized carbons (Fsp3) is 0.333. The number of nitrogens with zero attached hydrogens (tertiary/aromatic N) is 3. The molecule has 6 rings (SSSR count). The smallest absolute Gasteiger partial charge is 0.301 e. The summed E-state index contributed by atoms with van der Waals surface area (Å²) in [5.74, 6) is 1.08. The number of carbonyl (C=O) groups excluding carboxylic acids is 2. The van der Waals surface area contributed by atoms with Crippen LogP contribution in [0, 0.1) is 5.92 Å². The monoisotopic (exact) mass is 671 g/mol. The van der Waals surface area contributed by atoms with Gasteiger partial charge in [0.05, 0.1) is 24.8 Å². The third-order valence-electron chi connectivity index (χ3n) is 7.96. The van der Waals surface area contributed by atoms with E-state index < -0.39 is 17.7 Å². The predicted molar refractivity (Wildman–Crippen MR) is 183 cm³/mol. The maximum atomic E-state index is 13.8. The van der Waals surface area contributed by atoms with Crippen LogP contribution in [0.2, 0.25) is 0 Å². The van der Waals surface area contributed by atoms with Crippen molar-refractivity contribution in [1.82, 2.24) is 10.2 Å². The molecule has 2 aliphatic rings. The lowest BCUT2D eigenvalue weighted by Crippen LogP contribution is -2.29. The SMILES string of the molecule is CCOc1cc(C2/C(=C(\O)c3ccc4c(c3)CC(C)O4)C(=O)C(=O)N2c2nnc(SCc3ccccc3)s2)ccc1OCCC(C)C. The van der Waals surface area contributed by atoms with Crippen molar-refractivity contribution in [2.45, 2.75) is 62.8 Å². The lowest BCUT2D eigenvalue weighted by atomic mass is 9.94. The van der Waals surface area contributed by atoms with Crippen molar-refractivity contribution in [3.8, 4) is 17.2 Å². The highest BCUT2D eigenvalue weighted by Gasteiger charge is 2.48. The number of carbonyl (C=O) groups is 2. The number of rotatable bonds is 12. The van der Waals surface area contributed by atoms with Gasteiger partial charge >= 0.3 is 5.91 Å². The summed E-state index contributed by atoms with van der Waals surface area (Å²) < 4.78 is 18.5. The summed E-state index contributed by atoms with van der Waals surface area (Å²) >= 11 is 2.73. The summed E-state index contributed by atoms with van der Waals surface area (Å²) in [7, 11) is 0. The molecule has 0 spiro atoms. The quantitative estimate of drug-likeness (QED) is 0.0535. The van der Waals surface area contributed by atoms with Gasteiger partial charge in [-0.15, -0.1) is 10.2 Å². The van der Waals surface area contributed by atoms with E-state index in [-0.39, 0.29) is 22.6 Å². The van der Waals surface area contributed by atoms with Crippen LogP contribution >= 0.6 is 23.1 Å². The second-order valence-electron chi connectivity index (χ2n) is 11.9. The Morgan fingerprint density at radius 3 is 2.64 bits per heavy atom. The third-order valence-corrected chi connectivity index (χ3v) is 10.1. The average Bonchev–Trinajstić information content (AvgIpc) is 3.75. The van der Waals surface area contributed by atoms with Gasteiger partial charge in [0.25, 0.3) is 5.78 Å². The van der Waals surface area contributed by atoms with Crippen molar-refractivity contribution < 1.29 is 28.9 Å². The highest BCUT2D eigenvalue weighted by molar-refractivity contribution is 8.00. The van der Waals surface area contributed by atoms with Crippen molar-refractivity contribution in [2.75, 3.05) is 18.1 Å². The fourth-order valence-electron chi connectivity index (χ4n) is 5.63. The minimum absolute atomic E-state index is 0.0117. The van der Waals surface area contributed by atoms with Gasteiger partial charge in [-0.25, -0.2) is 0 Å². The molecule has 0 saturated carbocycles. The molecule has 47 heavy (non-hydrogen) atoms. The summed E-state index contributed by atoms with van der Waals surface area (Å²) in [6.45, 7) is 9.03. The van der Waals surface area contributed by atoms with Crippen molar-refractivity contribution in [1.29, 1.82) is 0 Å². The van der Waals surface area contributed by atoms with Gasteiger partial charge in [-0.05, 0) is 73.2 Å². The van der Waals surface area contributed by atoms with Crippen LogP contribution in [0.1, 0.15) is 62.4 Å². The molecule has 244 valence electrons. The molecule has 3 heterocycles. The number of ether oxygens (including phenoxy) is 3. The van der Waals surface area contributed by atoms with Crippen LogP contribution in [-0.2, 0) is 21.8 Å². The summed E-state index contributed by atoms with van der Waals surface area (Å²) in [4.78, 5) is 29.0. The molecule has 4 aromatic rings. The zero-order valence-corrected chi connectivity index (χ0v) is 28.4. The van der Waals surface area contributed by atoms with Crippen molar-refractivity contribution in [3.63, 3.8) is 0 Å². The molecule has 9 nitrogen and oxygen atoms in total. The number of aromatic nitrogens is 2. The van der Waals surface area contributed by atoms with Gasteiger partial charge in [-0.1, -0.05) is 73.3 Å². The van der Waals surface area contributed by atoms with E-state index in [0.29, 0.717) is 58.3 Å². The predicted octanol–water partition coefficient (Wildman–Crippen LogP) is 7.60. The molecule has 1 saturated heterocycles. The molecule has 0 bridgehead atoms. The molecular weight excluding hydrogens is 635 g/mol. The van der Waals surface area contributed by atoms with E-state index in [0.717, 1.165) is 23.3 Å². The molecule has 1 fully saturated rings. The first-order chi connectivity index (χ1) is 22.7. The first kappa shape index (κ1) is 32.6. The standard InChI is InChI=1S/C36H37N3O6S2/c1-5-43-29-19-24(11-14-28(29)44-16-15-21(2)3)31-30(32(40)25-12-13-27-26(18-25)17-22(4)45-27)33(41)34(42)39(31)35-37-38-36(47-35)46-20-23-9-7-6-8-10-23/h6-14,18-19,21-22,31,40H,5,15-17,20H2,1-4H3/b32-30+. The van der Waals surface area contributed by atoms with Gasteiger partial charge in [0.15, 0.2) is 15.8 Å². The van der Waals surface area contributed by atoms with E-state index in [1.165, 1.54) is 28.0 Å². The molecule has 2 atom stereocenters.